The van der Waals surface area contributed by atoms with Gasteiger partial charge in [0.05, 0.1) is 6.61 Å². The first kappa shape index (κ1) is 19.1. The monoisotopic (exact) mass is 366 g/mol. The molecule has 0 spiro atoms. The van der Waals surface area contributed by atoms with Crippen LogP contribution in [0.25, 0.3) is 10.9 Å². The summed E-state index contributed by atoms with van der Waals surface area (Å²) in [6, 6.07) is 5.50. The Kier molecular flexibility index (Phi) is 5.81. The second-order valence-corrected chi connectivity index (χ2v) is 6.86. The predicted octanol–water partition coefficient (Wildman–Crippen LogP) is -0.549. The number of rotatable bonds is 6. The number of aliphatic hydroxyl groups excluding tert-OH is 4. The summed E-state index contributed by atoms with van der Waals surface area (Å²) in [5.41, 5.74) is 1.95. The molecular formula is C18H26N2O6. The summed E-state index contributed by atoms with van der Waals surface area (Å²) in [7, 11) is 4.00. The third kappa shape index (κ3) is 3.71. The van der Waals surface area contributed by atoms with E-state index in [4.69, 9.17) is 9.47 Å². The molecule has 8 heteroatoms. The average Bonchev–Trinajstić information content (AvgIpc) is 3.04. The quantitative estimate of drug-likeness (QED) is 0.465. The van der Waals surface area contributed by atoms with Crippen LogP contribution in [0.1, 0.15) is 5.56 Å². The summed E-state index contributed by atoms with van der Waals surface area (Å²) in [6.45, 7) is 0.370. The van der Waals surface area contributed by atoms with Crippen LogP contribution in [0.5, 0.6) is 5.75 Å². The van der Waals surface area contributed by atoms with Crippen molar-refractivity contribution in [2.75, 3.05) is 27.2 Å². The normalized spacial score (nSPS) is 29.4. The minimum absolute atomic E-state index is 0.493. The van der Waals surface area contributed by atoms with Crippen LogP contribution in [0.3, 0.4) is 0 Å². The lowest BCUT2D eigenvalue weighted by Gasteiger charge is -2.39. The fourth-order valence-corrected chi connectivity index (χ4v) is 3.15. The smallest absolute Gasteiger partial charge is 0.229 e. The molecule has 1 aromatic heterocycles. The standard InChI is InChI=1S/C18H26N2O6/c1-20(2)7-6-10-8-19-11-4-3-5-12(14(10)11)25-18-17(24)16(23)15(22)13(9-21)26-18/h3-5,8,13,15-19,21-24H,6-7,9H2,1-2H3/t13-,15-,16+,17-,18?/m1/s1. The predicted molar refractivity (Wildman–Crippen MR) is 95.0 cm³/mol. The topological polar surface area (TPSA) is 118 Å². The van der Waals surface area contributed by atoms with Crippen molar-refractivity contribution < 1.29 is 29.9 Å². The van der Waals surface area contributed by atoms with Crippen molar-refractivity contribution in [3.05, 3.63) is 30.0 Å². The Balaban J connectivity index is 1.87. The fourth-order valence-electron chi connectivity index (χ4n) is 3.15. The lowest BCUT2D eigenvalue weighted by molar-refractivity contribution is -0.277. The van der Waals surface area contributed by atoms with Gasteiger partial charge in [-0.25, -0.2) is 0 Å². The summed E-state index contributed by atoms with van der Waals surface area (Å²) in [6.07, 6.45) is -3.79. The summed E-state index contributed by atoms with van der Waals surface area (Å²) < 4.78 is 11.3. The van der Waals surface area contributed by atoms with E-state index in [1.165, 1.54) is 0 Å². The van der Waals surface area contributed by atoms with Crippen molar-refractivity contribution in [1.82, 2.24) is 9.88 Å². The average molecular weight is 366 g/mol. The number of ether oxygens (including phenoxy) is 2. The number of nitrogens with one attached hydrogen (secondary N) is 1. The molecule has 1 fully saturated rings. The van der Waals surface area contributed by atoms with Crippen LogP contribution < -0.4 is 4.74 Å². The molecule has 1 aromatic carbocycles. The number of benzene rings is 1. The third-order valence-corrected chi connectivity index (χ3v) is 4.67. The molecular weight excluding hydrogens is 340 g/mol. The maximum absolute atomic E-state index is 10.2. The van der Waals surface area contributed by atoms with Crippen LogP contribution in [-0.2, 0) is 11.2 Å². The number of hydrogen-bond acceptors (Lipinski definition) is 7. The van der Waals surface area contributed by atoms with E-state index in [-0.39, 0.29) is 0 Å². The molecule has 144 valence electrons. The molecule has 5 N–H and O–H groups in total. The summed E-state index contributed by atoms with van der Waals surface area (Å²) >= 11 is 0. The molecule has 1 aliphatic rings. The van der Waals surface area contributed by atoms with Crippen molar-refractivity contribution in [1.29, 1.82) is 0 Å². The van der Waals surface area contributed by atoms with E-state index in [2.05, 4.69) is 9.88 Å². The van der Waals surface area contributed by atoms with Crippen molar-refractivity contribution in [3.8, 4) is 5.75 Å². The van der Waals surface area contributed by atoms with Gasteiger partial charge in [-0.3, -0.25) is 0 Å². The van der Waals surface area contributed by atoms with Gasteiger partial charge in [0.15, 0.2) is 0 Å². The summed E-state index contributed by atoms with van der Waals surface area (Å²) in [5, 5.41) is 40.2. The van der Waals surface area contributed by atoms with Gasteiger partial charge in [0.25, 0.3) is 0 Å². The van der Waals surface area contributed by atoms with Crippen molar-refractivity contribution in [2.24, 2.45) is 0 Å². The van der Waals surface area contributed by atoms with Crippen LogP contribution in [-0.4, -0.2) is 88.3 Å². The Labute approximate surface area is 151 Å². The number of fused-ring (bicyclic) bond motifs is 1. The van der Waals surface area contributed by atoms with Crippen molar-refractivity contribution in [3.63, 3.8) is 0 Å². The Morgan fingerprint density at radius 3 is 2.62 bits per heavy atom. The largest absolute Gasteiger partial charge is 0.461 e. The molecule has 3 rings (SSSR count). The molecule has 26 heavy (non-hydrogen) atoms. The Hall–Kier alpha value is -1.68. The molecule has 1 unspecified atom stereocenters. The summed E-state index contributed by atoms with van der Waals surface area (Å²) in [4.78, 5) is 5.29. The van der Waals surface area contributed by atoms with Crippen LogP contribution in [0, 0.1) is 0 Å². The van der Waals surface area contributed by atoms with Gasteiger partial charge in [-0.2, -0.15) is 0 Å². The van der Waals surface area contributed by atoms with E-state index in [1.807, 2.05) is 32.4 Å². The molecule has 2 aromatic rings. The van der Waals surface area contributed by atoms with Gasteiger partial charge in [0, 0.05) is 23.6 Å². The number of hydrogen-bond donors (Lipinski definition) is 5. The number of aliphatic hydroxyl groups is 4. The molecule has 5 atom stereocenters. The number of aromatic nitrogens is 1. The molecule has 0 amide bonds. The van der Waals surface area contributed by atoms with Gasteiger partial charge in [0.2, 0.25) is 6.29 Å². The fraction of sp³-hybridized carbons (Fsp3) is 0.556. The van der Waals surface area contributed by atoms with Gasteiger partial charge in [-0.15, -0.1) is 0 Å². The molecule has 0 saturated carbocycles. The second kappa shape index (κ2) is 7.91. The highest BCUT2D eigenvalue weighted by atomic mass is 16.7. The van der Waals surface area contributed by atoms with E-state index >= 15 is 0 Å². The van der Waals surface area contributed by atoms with Crippen molar-refractivity contribution in [2.45, 2.75) is 37.1 Å². The Morgan fingerprint density at radius 1 is 1.15 bits per heavy atom. The maximum Gasteiger partial charge on any atom is 0.229 e. The minimum Gasteiger partial charge on any atom is -0.461 e. The zero-order chi connectivity index (χ0) is 18.8. The van der Waals surface area contributed by atoms with Crippen LogP contribution in [0.15, 0.2) is 24.4 Å². The number of likely N-dealkylation sites (N-methyl/N-ethyl adjacent to an activating group) is 1. The van der Waals surface area contributed by atoms with E-state index in [0.29, 0.717) is 5.75 Å². The van der Waals surface area contributed by atoms with Gasteiger partial charge in [0.1, 0.15) is 30.2 Å². The maximum atomic E-state index is 10.2. The SMILES string of the molecule is CN(C)CCc1c[nH]c2cccc(OC3O[C@H](CO)[C@@H](O)[C@H](O)[C@H]3O)c12. The van der Waals surface area contributed by atoms with Crippen LogP contribution in [0.4, 0.5) is 0 Å². The molecule has 8 nitrogen and oxygen atoms in total. The number of H-pyrrole nitrogens is 1. The molecule has 0 aliphatic carbocycles. The zero-order valence-electron chi connectivity index (χ0n) is 14.9. The molecule has 0 radical (unpaired) electrons. The molecule has 0 bridgehead atoms. The zero-order valence-corrected chi connectivity index (χ0v) is 14.9. The Bertz CT molecular complexity index is 732. The van der Waals surface area contributed by atoms with Gasteiger partial charge in [-0.1, -0.05) is 6.07 Å². The van der Waals surface area contributed by atoms with E-state index in [0.717, 1.165) is 29.4 Å². The minimum atomic E-state index is -1.47. The highest BCUT2D eigenvalue weighted by molar-refractivity contribution is 5.89. The van der Waals surface area contributed by atoms with Crippen molar-refractivity contribution >= 4 is 10.9 Å². The molecule has 1 aliphatic heterocycles. The highest BCUT2D eigenvalue weighted by Crippen LogP contribution is 2.32. The van der Waals surface area contributed by atoms with Gasteiger partial charge < -0.3 is 39.8 Å². The van der Waals surface area contributed by atoms with Crippen LogP contribution in [0.2, 0.25) is 0 Å². The van der Waals surface area contributed by atoms with Gasteiger partial charge >= 0.3 is 0 Å². The van der Waals surface area contributed by atoms with E-state index in [9.17, 15) is 20.4 Å². The number of aromatic amines is 1. The van der Waals surface area contributed by atoms with Gasteiger partial charge in [-0.05, 0) is 38.2 Å². The first-order chi connectivity index (χ1) is 12.4. The van der Waals surface area contributed by atoms with E-state index in [1.54, 1.807) is 6.07 Å². The summed E-state index contributed by atoms with van der Waals surface area (Å²) in [5.74, 6) is 0.502. The number of nitrogens with zero attached hydrogens (tertiary/aromatic N) is 1. The first-order valence-electron chi connectivity index (χ1n) is 8.63. The van der Waals surface area contributed by atoms with Crippen LogP contribution >= 0.6 is 0 Å². The lowest BCUT2D eigenvalue weighted by atomic mass is 9.99. The van der Waals surface area contributed by atoms with E-state index < -0.39 is 37.3 Å². The Morgan fingerprint density at radius 2 is 1.92 bits per heavy atom. The first-order valence-corrected chi connectivity index (χ1v) is 8.63. The lowest BCUT2D eigenvalue weighted by Crippen LogP contribution is -2.60. The third-order valence-electron chi connectivity index (χ3n) is 4.67. The second-order valence-electron chi connectivity index (χ2n) is 6.86. The molecule has 2 heterocycles. The molecule has 1 saturated heterocycles. The highest BCUT2D eigenvalue weighted by Gasteiger charge is 2.44.